The number of aromatic nitrogens is 1. The predicted octanol–water partition coefficient (Wildman–Crippen LogP) is 2.19. The molecular formula is C18H19BF3N2O4S. The molecule has 11 heteroatoms. The Labute approximate surface area is 168 Å². The third-order valence-electron chi connectivity index (χ3n) is 5.67. The first-order valence-corrected chi connectivity index (χ1v) is 10.4. The summed E-state index contributed by atoms with van der Waals surface area (Å²) in [6, 6.07) is 7.07. The third kappa shape index (κ3) is 4.02. The van der Waals surface area contributed by atoms with E-state index in [0.29, 0.717) is 18.0 Å². The molecule has 3 radical (unpaired) electrons. The molecule has 3 saturated heterocycles. The van der Waals surface area contributed by atoms with Crippen LogP contribution in [-0.2, 0) is 16.7 Å². The summed E-state index contributed by atoms with van der Waals surface area (Å²) < 4.78 is 66.7. The quantitative estimate of drug-likeness (QED) is 0.425. The van der Waals surface area contributed by atoms with Gasteiger partial charge in [0, 0.05) is 33.0 Å². The Balaban J connectivity index is 0.00000240. The fourth-order valence-corrected chi connectivity index (χ4v) is 4.72. The molecule has 1 atom stereocenters. The third-order valence-corrected chi connectivity index (χ3v) is 6.64. The van der Waals surface area contributed by atoms with Crippen LogP contribution in [0.3, 0.4) is 0 Å². The van der Waals surface area contributed by atoms with Crippen LogP contribution in [0.1, 0.15) is 12.8 Å². The van der Waals surface area contributed by atoms with Gasteiger partial charge in [-0.1, -0.05) is 12.1 Å². The fraction of sp³-hybridized carbons (Fsp3) is 0.500. The van der Waals surface area contributed by atoms with Gasteiger partial charge >= 0.3 is 15.6 Å². The Morgan fingerprint density at radius 1 is 1.14 bits per heavy atom. The van der Waals surface area contributed by atoms with Crippen molar-refractivity contribution < 1.29 is 25.8 Å². The Morgan fingerprint density at radius 3 is 2.38 bits per heavy atom. The van der Waals surface area contributed by atoms with Crippen molar-refractivity contribution in [2.24, 2.45) is 11.8 Å². The second-order valence-corrected chi connectivity index (χ2v) is 8.89. The van der Waals surface area contributed by atoms with Crippen LogP contribution in [0.2, 0.25) is 0 Å². The van der Waals surface area contributed by atoms with E-state index in [1.54, 1.807) is 18.2 Å². The summed E-state index contributed by atoms with van der Waals surface area (Å²) in [6.07, 6.45) is 2.14. The van der Waals surface area contributed by atoms with E-state index in [1.165, 1.54) is 10.6 Å². The van der Waals surface area contributed by atoms with Crippen LogP contribution < -0.4 is 9.74 Å². The average molecular weight is 427 g/mol. The average Bonchev–Trinajstić information content (AvgIpc) is 2.65. The summed E-state index contributed by atoms with van der Waals surface area (Å²) in [7, 11) is -5.86. The lowest BCUT2D eigenvalue weighted by Gasteiger charge is -2.45. The number of pyridine rings is 1. The van der Waals surface area contributed by atoms with Crippen molar-refractivity contribution in [3.05, 3.63) is 40.7 Å². The van der Waals surface area contributed by atoms with Gasteiger partial charge in [0.25, 0.3) is 5.56 Å². The highest BCUT2D eigenvalue weighted by molar-refractivity contribution is 7.88. The van der Waals surface area contributed by atoms with E-state index >= 15 is 0 Å². The highest BCUT2D eigenvalue weighted by atomic mass is 32.2. The zero-order chi connectivity index (χ0) is 20.1. The van der Waals surface area contributed by atoms with Gasteiger partial charge in [-0.25, -0.2) is 0 Å². The zero-order valence-corrected chi connectivity index (χ0v) is 16.2. The molecule has 2 aromatic rings. The first-order valence-electron chi connectivity index (χ1n) is 9.01. The molecule has 6 nitrogen and oxygen atoms in total. The van der Waals surface area contributed by atoms with Crippen LogP contribution in [0.15, 0.2) is 35.1 Å². The van der Waals surface area contributed by atoms with E-state index < -0.39 is 26.9 Å². The van der Waals surface area contributed by atoms with E-state index in [2.05, 4.69) is 9.08 Å². The molecule has 1 aromatic heterocycles. The van der Waals surface area contributed by atoms with Crippen LogP contribution in [0.5, 0.6) is 5.75 Å². The summed E-state index contributed by atoms with van der Waals surface area (Å²) in [5.74, 6) is 0.176. The Kier molecular flexibility index (Phi) is 5.74. The summed E-state index contributed by atoms with van der Waals surface area (Å²) in [5.41, 5.74) is -5.79. The van der Waals surface area contributed by atoms with Crippen molar-refractivity contribution in [3.8, 4) is 5.75 Å². The lowest BCUT2D eigenvalue weighted by atomic mass is 9.79. The number of rotatable bonds is 4. The smallest absolute Gasteiger partial charge is 0.375 e. The topological polar surface area (TPSA) is 68.6 Å². The van der Waals surface area contributed by atoms with Crippen molar-refractivity contribution in [2.75, 3.05) is 19.6 Å². The van der Waals surface area contributed by atoms with Crippen molar-refractivity contribution in [1.82, 2.24) is 9.47 Å². The predicted molar refractivity (Wildman–Crippen MR) is 102 cm³/mol. The number of para-hydroxylation sites is 1. The van der Waals surface area contributed by atoms with Gasteiger partial charge < -0.3 is 13.7 Å². The van der Waals surface area contributed by atoms with Gasteiger partial charge in [-0.3, -0.25) is 4.79 Å². The molecule has 0 N–H and O–H groups in total. The van der Waals surface area contributed by atoms with Crippen molar-refractivity contribution in [3.63, 3.8) is 0 Å². The molecule has 0 spiro atoms. The van der Waals surface area contributed by atoms with Gasteiger partial charge in [-0.2, -0.15) is 21.6 Å². The first-order chi connectivity index (χ1) is 13.2. The zero-order valence-electron chi connectivity index (χ0n) is 15.4. The van der Waals surface area contributed by atoms with Crippen LogP contribution in [0.4, 0.5) is 13.2 Å². The number of benzene rings is 1. The maximum absolute atomic E-state index is 12.7. The molecule has 1 unspecified atom stereocenters. The van der Waals surface area contributed by atoms with E-state index in [4.69, 9.17) is 0 Å². The number of piperidine rings is 3. The van der Waals surface area contributed by atoms with Crippen LogP contribution in [0.25, 0.3) is 10.9 Å². The van der Waals surface area contributed by atoms with E-state index in [9.17, 15) is 26.4 Å². The van der Waals surface area contributed by atoms with Crippen LogP contribution in [0, 0.1) is 11.8 Å². The molecule has 4 heterocycles. The molecule has 0 saturated carbocycles. The Bertz CT molecular complexity index is 1060. The monoisotopic (exact) mass is 427 g/mol. The summed E-state index contributed by atoms with van der Waals surface area (Å²) in [4.78, 5) is 15.0. The minimum absolute atomic E-state index is 0. The highest BCUT2D eigenvalue weighted by Crippen LogP contribution is 2.35. The van der Waals surface area contributed by atoms with Gasteiger partial charge in [0.15, 0.2) is 5.75 Å². The standard InChI is InChI=1S/C18H19F3N2O4S.B/c19-18(20,21)28(25,26)27-16-9-17(24)23(15-4-2-1-3-14(15)16)11-13-10-22-7-5-12(13)6-8-22;/h1-4,9,12-13H,5-8,10-11H2;. The maximum atomic E-state index is 12.7. The van der Waals surface area contributed by atoms with E-state index in [-0.39, 0.29) is 19.7 Å². The number of fused-ring (bicyclic) bond motifs is 4. The van der Waals surface area contributed by atoms with E-state index in [1.807, 2.05) is 0 Å². The molecule has 0 aliphatic carbocycles. The van der Waals surface area contributed by atoms with Crippen molar-refractivity contribution in [1.29, 1.82) is 0 Å². The van der Waals surface area contributed by atoms with E-state index in [0.717, 1.165) is 38.5 Å². The van der Waals surface area contributed by atoms with Crippen molar-refractivity contribution in [2.45, 2.75) is 24.9 Å². The first kappa shape index (κ1) is 21.7. The molecule has 155 valence electrons. The molecule has 0 amide bonds. The van der Waals surface area contributed by atoms with Crippen molar-refractivity contribution >= 4 is 29.4 Å². The van der Waals surface area contributed by atoms with Gasteiger partial charge in [-0.15, -0.1) is 0 Å². The molecular weight excluding hydrogens is 408 g/mol. The fourth-order valence-electron chi connectivity index (χ4n) is 4.26. The number of halogens is 3. The molecule has 3 aliphatic rings. The normalized spacial score (nSPS) is 24.3. The Hall–Kier alpha value is -2.01. The summed E-state index contributed by atoms with van der Waals surface area (Å²) >= 11 is 0. The number of alkyl halides is 3. The molecule has 3 aliphatic heterocycles. The minimum Gasteiger partial charge on any atom is -0.375 e. The van der Waals surface area contributed by atoms with Gasteiger partial charge in [0.2, 0.25) is 0 Å². The van der Waals surface area contributed by atoms with Gasteiger partial charge in [0.1, 0.15) is 0 Å². The molecule has 1 aromatic carbocycles. The second-order valence-electron chi connectivity index (χ2n) is 7.36. The number of hydrogen-bond acceptors (Lipinski definition) is 5. The SMILES string of the molecule is O=c1cc(OS(=O)(=O)C(F)(F)F)c2ccccc2n1CC1CN2CCC1CC2.[B]. The minimum atomic E-state index is -5.86. The number of nitrogens with zero attached hydrogens (tertiary/aromatic N) is 2. The van der Waals surface area contributed by atoms with Gasteiger partial charge in [0.05, 0.1) is 5.52 Å². The van der Waals surface area contributed by atoms with Crippen LogP contribution in [-0.4, -0.2) is 51.4 Å². The maximum Gasteiger partial charge on any atom is 0.534 e. The summed E-state index contributed by atoms with van der Waals surface area (Å²) in [5, 5.41) is 0.149. The highest BCUT2D eigenvalue weighted by Gasteiger charge is 2.48. The largest absolute Gasteiger partial charge is 0.534 e. The number of hydrogen-bond donors (Lipinski definition) is 0. The molecule has 5 rings (SSSR count). The lowest BCUT2D eigenvalue weighted by Crippen LogP contribution is -2.49. The van der Waals surface area contributed by atoms with Gasteiger partial charge in [-0.05, 0) is 49.9 Å². The Morgan fingerprint density at radius 2 is 1.79 bits per heavy atom. The molecule has 2 bridgehead atoms. The van der Waals surface area contributed by atoms with Crippen LogP contribution >= 0.6 is 0 Å². The second kappa shape index (κ2) is 7.68. The summed E-state index contributed by atoms with van der Waals surface area (Å²) in [6.45, 7) is 3.43. The molecule has 29 heavy (non-hydrogen) atoms. The molecule has 3 fully saturated rings. The lowest BCUT2D eigenvalue weighted by molar-refractivity contribution is -0.0499.